The van der Waals surface area contributed by atoms with Gasteiger partial charge in [0.15, 0.2) is 0 Å². The molecular weight excluding hydrogens is 334 g/mol. The number of methoxy groups -OCH3 is 1. The molecule has 0 amide bonds. The number of rotatable bonds is 7. The van der Waals surface area contributed by atoms with Gasteiger partial charge < -0.3 is 14.8 Å². The highest BCUT2D eigenvalue weighted by atomic mass is 16.5. The van der Waals surface area contributed by atoms with E-state index in [2.05, 4.69) is 63.0 Å². The highest BCUT2D eigenvalue weighted by molar-refractivity contribution is 5.93. The lowest BCUT2D eigenvalue weighted by Crippen LogP contribution is -2.34. The highest BCUT2D eigenvalue weighted by Gasteiger charge is 2.30. The van der Waals surface area contributed by atoms with E-state index in [1.165, 1.54) is 11.1 Å². The zero-order valence-electron chi connectivity index (χ0n) is 16.7. The van der Waals surface area contributed by atoms with Gasteiger partial charge in [-0.05, 0) is 31.9 Å². The molecule has 3 heteroatoms. The Labute approximate surface area is 162 Å². The normalized spacial score (nSPS) is 15.9. The Morgan fingerprint density at radius 3 is 2.48 bits per heavy atom. The second-order valence-electron chi connectivity index (χ2n) is 7.39. The molecule has 0 fully saturated rings. The molecule has 1 heterocycles. The predicted molar refractivity (Wildman–Crippen MR) is 114 cm³/mol. The Morgan fingerprint density at radius 1 is 1.07 bits per heavy atom. The minimum atomic E-state index is -0.175. The van der Waals surface area contributed by atoms with Gasteiger partial charge in [0.05, 0.1) is 31.0 Å². The minimum Gasteiger partial charge on any atom is -0.496 e. The van der Waals surface area contributed by atoms with E-state index in [0.717, 1.165) is 29.0 Å². The van der Waals surface area contributed by atoms with Crippen molar-refractivity contribution in [2.24, 2.45) is 0 Å². The van der Waals surface area contributed by atoms with Crippen LogP contribution in [0.5, 0.6) is 5.75 Å². The lowest BCUT2D eigenvalue weighted by atomic mass is 9.84. The summed E-state index contributed by atoms with van der Waals surface area (Å²) in [5, 5.41) is 3.71. The van der Waals surface area contributed by atoms with Gasteiger partial charge in [-0.3, -0.25) is 0 Å². The molecule has 3 nitrogen and oxygen atoms in total. The number of ether oxygens (including phenoxy) is 2. The predicted octanol–water partition coefficient (Wildman–Crippen LogP) is 5.93. The van der Waals surface area contributed by atoms with Crippen molar-refractivity contribution in [3.63, 3.8) is 0 Å². The minimum absolute atomic E-state index is 0.0380. The van der Waals surface area contributed by atoms with E-state index in [1.54, 1.807) is 7.11 Å². The van der Waals surface area contributed by atoms with Gasteiger partial charge in [0, 0.05) is 16.7 Å². The molecule has 3 rings (SSSR count). The Kier molecular flexibility index (Phi) is 5.71. The maximum absolute atomic E-state index is 6.08. The molecule has 1 atom stereocenters. The van der Waals surface area contributed by atoms with Crippen LogP contribution in [0.15, 0.2) is 61.2 Å². The Morgan fingerprint density at radius 2 is 1.78 bits per heavy atom. The first-order chi connectivity index (χ1) is 13.0. The third kappa shape index (κ3) is 3.93. The lowest BCUT2D eigenvalue weighted by molar-refractivity contribution is 0.113. The topological polar surface area (TPSA) is 30.5 Å². The van der Waals surface area contributed by atoms with Crippen molar-refractivity contribution in [3.8, 4) is 16.9 Å². The zero-order valence-corrected chi connectivity index (χ0v) is 16.7. The highest BCUT2D eigenvalue weighted by Crippen LogP contribution is 2.44. The number of hydrogen-bond acceptors (Lipinski definition) is 3. The Bertz CT molecular complexity index is 851. The van der Waals surface area contributed by atoms with Gasteiger partial charge in [-0.2, -0.15) is 0 Å². The van der Waals surface area contributed by atoms with E-state index >= 15 is 0 Å². The molecule has 0 saturated carbocycles. The second-order valence-corrected chi connectivity index (χ2v) is 7.39. The number of benzene rings is 2. The summed E-state index contributed by atoms with van der Waals surface area (Å²) >= 11 is 0. The molecular formula is C24H29NO2. The summed E-state index contributed by atoms with van der Waals surface area (Å²) < 4.78 is 11.7. The van der Waals surface area contributed by atoms with Crippen LogP contribution in [0.2, 0.25) is 0 Å². The standard InChI is InChI=1S/C24H29NO2/c1-6-15-27-21(7-2)20-16-24(3,4)25-23-18(12-10-13-19(20)23)17-11-8-9-14-22(17)26-5/h6,8-14,16,21,25H,1,7,15H2,2-5H3. The number of hydrogen-bond donors (Lipinski definition) is 1. The van der Waals surface area contributed by atoms with Crippen molar-refractivity contribution < 1.29 is 9.47 Å². The SMILES string of the molecule is C=CCOC(CC)C1=CC(C)(C)Nc2c1cccc2-c1ccccc1OC. The molecule has 0 aliphatic carbocycles. The summed E-state index contributed by atoms with van der Waals surface area (Å²) in [5.41, 5.74) is 5.60. The molecule has 142 valence electrons. The van der Waals surface area contributed by atoms with Crippen molar-refractivity contribution in [1.29, 1.82) is 0 Å². The van der Waals surface area contributed by atoms with E-state index in [0.29, 0.717) is 6.61 Å². The molecule has 27 heavy (non-hydrogen) atoms. The summed E-state index contributed by atoms with van der Waals surface area (Å²) in [5.74, 6) is 0.872. The van der Waals surface area contributed by atoms with Gasteiger partial charge in [0.2, 0.25) is 0 Å². The molecule has 0 aromatic heterocycles. The van der Waals surface area contributed by atoms with E-state index in [1.807, 2.05) is 24.3 Å². The fourth-order valence-electron chi connectivity index (χ4n) is 3.72. The first-order valence-electron chi connectivity index (χ1n) is 9.51. The summed E-state index contributed by atoms with van der Waals surface area (Å²) in [6.45, 7) is 10.9. The molecule has 0 bridgehead atoms. The van der Waals surface area contributed by atoms with Crippen molar-refractivity contribution in [1.82, 2.24) is 0 Å². The van der Waals surface area contributed by atoms with Crippen molar-refractivity contribution in [3.05, 3.63) is 66.8 Å². The summed E-state index contributed by atoms with van der Waals surface area (Å²) in [7, 11) is 1.72. The van der Waals surface area contributed by atoms with Crippen LogP contribution in [0, 0.1) is 0 Å². The van der Waals surface area contributed by atoms with Gasteiger partial charge in [0.1, 0.15) is 5.75 Å². The van der Waals surface area contributed by atoms with Gasteiger partial charge in [-0.1, -0.05) is 55.5 Å². The molecule has 0 radical (unpaired) electrons. The third-order valence-corrected chi connectivity index (χ3v) is 4.87. The van der Waals surface area contributed by atoms with Crippen LogP contribution in [0.1, 0.15) is 32.8 Å². The first-order valence-corrected chi connectivity index (χ1v) is 9.51. The smallest absolute Gasteiger partial charge is 0.126 e. The number of nitrogens with one attached hydrogen (secondary N) is 1. The number of para-hydroxylation sites is 2. The van der Waals surface area contributed by atoms with Crippen LogP contribution in [-0.2, 0) is 4.74 Å². The van der Waals surface area contributed by atoms with Gasteiger partial charge in [-0.25, -0.2) is 0 Å². The van der Waals surface area contributed by atoms with Crippen LogP contribution in [-0.4, -0.2) is 25.4 Å². The molecule has 0 spiro atoms. The lowest BCUT2D eigenvalue weighted by Gasteiger charge is -2.36. The van der Waals surface area contributed by atoms with Crippen molar-refractivity contribution >= 4 is 11.3 Å². The monoisotopic (exact) mass is 363 g/mol. The molecule has 0 saturated heterocycles. The number of anilines is 1. The van der Waals surface area contributed by atoms with E-state index in [9.17, 15) is 0 Å². The largest absolute Gasteiger partial charge is 0.496 e. The Balaban J connectivity index is 2.16. The van der Waals surface area contributed by atoms with Crippen LogP contribution in [0.3, 0.4) is 0 Å². The summed E-state index contributed by atoms with van der Waals surface area (Å²) in [6, 6.07) is 14.6. The number of fused-ring (bicyclic) bond motifs is 1. The van der Waals surface area contributed by atoms with E-state index in [-0.39, 0.29) is 11.6 Å². The van der Waals surface area contributed by atoms with Crippen LogP contribution >= 0.6 is 0 Å². The van der Waals surface area contributed by atoms with Gasteiger partial charge in [0.25, 0.3) is 0 Å². The van der Waals surface area contributed by atoms with Crippen molar-refractivity contribution in [2.75, 3.05) is 19.0 Å². The quantitative estimate of drug-likeness (QED) is 0.618. The third-order valence-electron chi connectivity index (χ3n) is 4.87. The maximum Gasteiger partial charge on any atom is 0.126 e. The molecule has 2 aromatic carbocycles. The van der Waals surface area contributed by atoms with Crippen molar-refractivity contribution in [2.45, 2.75) is 38.8 Å². The molecule has 1 aliphatic heterocycles. The average Bonchev–Trinajstić information content (AvgIpc) is 2.67. The van der Waals surface area contributed by atoms with Crippen LogP contribution in [0.25, 0.3) is 16.7 Å². The molecule has 2 aromatic rings. The van der Waals surface area contributed by atoms with Crippen LogP contribution in [0.4, 0.5) is 5.69 Å². The summed E-state index contributed by atoms with van der Waals surface area (Å²) in [6.07, 6.45) is 5.05. The first kappa shape index (κ1) is 19.2. The zero-order chi connectivity index (χ0) is 19.4. The van der Waals surface area contributed by atoms with Gasteiger partial charge >= 0.3 is 0 Å². The fourth-order valence-corrected chi connectivity index (χ4v) is 3.72. The average molecular weight is 364 g/mol. The van der Waals surface area contributed by atoms with Gasteiger partial charge in [-0.15, -0.1) is 6.58 Å². The van der Waals surface area contributed by atoms with Crippen LogP contribution < -0.4 is 10.1 Å². The molecule has 1 unspecified atom stereocenters. The van der Waals surface area contributed by atoms with E-state index in [4.69, 9.17) is 9.47 Å². The fraction of sp³-hybridized carbons (Fsp3) is 0.333. The Hall–Kier alpha value is -2.52. The van der Waals surface area contributed by atoms with E-state index < -0.39 is 0 Å². The summed E-state index contributed by atoms with van der Waals surface area (Å²) in [4.78, 5) is 0. The molecule has 1 N–H and O–H groups in total. The maximum atomic E-state index is 6.08. The second kappa shape index (κ2) is 8.01. The molecule has 1 aliphatic rings.